The zero-order chi connectivity index (χ0) is 23.0. The molecule has 176 valence electrons. The number of pyridine rings is 1. The Hall–Kier alpha value is -3.50. The number of hydrogen-bond acceptors (Lipinski definition) is 7. The maximum absolute atomic E-state index is 13.3. The largest absolute Gasteiger partial charge is 0.489 e. The van der Waals surface area contributed by atoms with Crippen molar-refractivity contribution >= 4 is 17.7 Å². The molecule has 11 heteroatoms. The lowest BCUT2D eigenvalue weighted by Gasteiger charge is -2.29. The smallest absolute Gasteiger partial charge is 0.273 e. The van der Waals surface area contributed by atoms with E-state index in [1.165, 1.54) is 12.5 Å². The van der Waals surface area contributed by atoms with Gasteiger partial charge in [0.1, 0.15) is 18.8 Å². The average Bonchev–Trinajstić information content (AvgIpc) is 3.30. The van der Waals surface area contributed by atoms with E-state index in [0.29, 0.717) is 70.6 Å². The van der Waals surface area contributed by atoms with Crippen LogP contribution in [0.3, 0.4) is 0 Å². The van der Waals surface area contributed by atoms with E-state index in [-0.39, 0.29) is 35.9 Å². The Morgan fingerprint density at radius 2 is 1.97 bits per heavy atom. The highest BCUT2D eigenvalue weighted by molar-refractivity contribution is 5.94. The summed E-state index contributed by atoms with van der Waals surface area (Å²) >= 11 is 0. The summed E-state index contributed by atoms with van der Waals surface area (Å²) in [6.07, 6.45) is 5.83. The van der Waals surface area contributed by atoms with Gasteiger partial charge in [0, 0.05) is 51.1 Å². The van der Waals surface area contributed by atoms with E-state index < -0.39 is 0 Å². The monoisotopic (exact) mass is 455 g/mol. The topological polar surface area (TPSA) is 131 Å². The highest BCUT2D eigenvalue weighted by atomic mass is 16.5. The Balaban J connectivity index is 1.41. The van der Waals surface area contributed by atoms with E-state index in [9.17, 15) is 14.4 Å². The number of aromatic nitrogens is 4. The zero-order valence-corrected chi connectivity index (χ0v) is 18.5. The van der Waals surface area contributed by atoms with Gasteiger partial charge in [0.15, 0.2) is 11.4 Å². The van der Waals surface area contributed by atoms with Gasteiger partial charge in [-0.1, -0.05) is 0 Å². The van der Waals surface area contributed by atoms with Crippen LogP contribution in [0.25, 0.3) is 0 Å². The van der Waals surface area contributed by atoms with Crippen LogP contribution in [0, 0.1) is 5.92 Å². The van der Waals surface area contributed by atoms with Gasteiger partial charge in [-0.3, -0.25) is 19.1 Å². The lowest BCUT2D eigenvalue weighted by molar-refractivity contribution is -0.136. The van der Waals surface area contributed by atoms with Gasteiger partial charge in [-0.05, 0) is 31.4 Å². The molecule has 2 aromatic rings. The minimum absolute atomic E-state index is 0.0671. The summed E-state index contributed by atoms with van der Waals surface area (Å²) in [7, 11) is 0. The number of carbonyl (C=O) groups excluding carboxylic acids is 3. The number of aryl methyl sites for hydroxylation is 1. The number of carbonyl (C=O) groups is 3. The molecule has 2 aliphatic rings. The van der Waals surface area contributed by atoms with E-state index in [0.717, 1.165) is 5.82 Å². The molecular weight excluding hydrogens is 426 g/mol. The fraction of sp³-hybridized carbons (Fsp3) is 0.545. The third kappa shape index (κ3) is 5.85. The van der Waals surface area contributed by atoms with E-state index >= 15 is 0 Å². The molecule has 2 N–H and O–H groups in total. The van der Waals surface area contributed by atoms with Crippen LogP contribution in [0.5, 0.6) is 5.75 Å². The fourth-order valence-electron chi connectivity index (χ4n) is 4.14. The number of nitrogens with one attached hydrogen (secondary N) is 2. The van der Waals surface area contributed by atoms with Gasteiger partial charge in [0.05, 0.1) is 6.54 Å². The molecule has 1 unspecified atom stereocenters. The fourth-order valence-corrected chi connectivity index (χ4v) is 4.14. The lowest BCUT2D eigenvalue weighted by atomic mass is 9.96. The summed E-state index contributed by atoms with van der Waals surface area (Å²) in [5, 5.41) is 9.86. The minimum Gasteiger partial charge on any atom is -0.489 e. The molecule has 0 saturated heterocycles. The number of ether oxygens (including phenoxy) is 1. The van der Waals surface area contributed by atoms with Crippen molar-refractivity contribution in [1.82, 2.24) is 35.3 Å². The van der Waals surface area contributed by atoms with Gasteiger partial charge in [-0.15, -0.1) is 0 Å². The first kappa shape index (κ1) is 22.7. The summed E-state index contributed by atoms with van der Waals surface area (Å²) in [6.45, 7) is 2.61. The molecule has 0 spiro atoms. The maximum atomic E-state index is 13.3. The van der Waals surface area contributed by atoms with Crippen LogP contribution in [-0.2, 0) is 22.6 Å². The summed E-state index contributed by atoms with van der Waals surface area (Å²) in [6, 6.07) is 3.37. The van der Waals surface area contributed by atoms with Crippen LogP contribution in [0.4, 0.5) is 0 Å². The van der Waals surface area contributed by atoms with Crippen molar-refractivity contribution < 1.29 is 19.1 Å². The summed E-state index contributed by atoms with van der Waals surface area (Å²) < 4.78 is 7.48. The van der Waals surface area contributed by atoms with Crippen LogP contribution in [0.2, 0.25) is 0 Å². The molecule has 11 nitrogen and oxygen atoms in total. The van der Waals surface area contributed by atoms with E-state index in [1.807, 2.05) is 9.58 Å². The second kappa shape index (κ2) is 10.9. The average molecular weight is 456 g/mol. The molecule has 0 saturated carbocycles. The van der Waals surface area contributed by atoms with Crippen molar-refractivity contribution in [3.8, 4) is 5.75 Å². The van der Waals surface area contributed by atoms with Crippen molar-refractivity contribution in [2.45, 2.75) is 38.6 Å². The Morgan fingerprint density at radius 3 is 2.88 bits per heavy atom. The van der Waals surface area contributed by atoms with Crippen LogP contribution in [0.15, 0.2) is 24.7 Å². The predicted octanol–water partition coefficient (Wildman–Crippen LogP) is 0.173. The Morgan fingerprint density at radius 1 is 1.09 bits per heavy atom. The number of nitrogens with zero attached hydrogens (tertiary/aromatic N) is 5. The summed E-state index contributed by atoms with van der Waals surface area (Å²) in [5.74, 6) is 0.702. The number of fused-ring (bicyclic) bond motifs is 2. The maximum Gasteiger partial charge on any atom is 0.273 e. The summed E-state index contributed by atoms with van der Waals surface area (Å²) in [4.78, 5) is 48.3. The first-order valence-electron chi connectivity index (χ1n) is 11.4. The number of amides is 3. The Bertz CT molecular complexity index is 993. The Labute approximate surface area is 191 Å². The normalized spacial score (nSPS) is 20.6. The second-order valence-corrected chi connectivity index (χ2v) is 8.18. The standard InChI is InChI=1S/C22H29N7O4/c30-19-5-2-10-28(22(32)16-6-12-29-18(14-16)26-15-27-29)11-3-8-25-21(31)20-17(4-1-7-24-20)33-13-9-23-19/h1,4,7,15-16H,2-3,5-6,8-14H2,(H,23,30)(H,25,31). The number of hydrogen-bond donors (Lipinski definition) is 2. The number of rotatable bonds is 1. The molecule has 0 radical (unpaired) electrons. The van der Waals surface area contributed by atoms with Crippen LogP contribution in [-0.4, -0.2) is 75.2 Å². The van der Waals surface area contributed by atoms with Crippen LogP contribution < -0.4 is 15.4 Å². The third-order valence-electron chi connectivity index (χ3n) is 5.86. The van der Waals surface area contributed by atoms with Gasteiger partial charge in [0.2, 0.25) is 11.8 Å². The molecule has 2 aromatic heterocycles. The van der Waals surface area contributed by atoms with Crippen LogP contribution >= 0.6 is 0 Å². The molecule has 0 aliphatic carbocycles. The van der Waals surface area contributed by atoms with Gasteiger partial charge >= 0.3 is 0 Å². The zero-order valence-electron chi connectivity index (χ0n) is 18.5. The van der Waals surface area contributed by atoms with Gasteiger partial charge in [-0.2, -0.15) is 5.10 Å². The third-order valence-corrected chi connectivity index (χ3v) is 5.86. The highest BCUT2D eigenvalue weighted by Gasteiger charge is 2.29. The molecule has 1 atom stereocenters. The van der Waals surface area contributed by atoms with Crippen molar-refractivity contribution in [1.29, 1.82) is 0 Å². The molecule has 33 heavy (non-hydrogen) atoms. The Kier molecular flexibility index (Phi) is 7.48. The molecule has 0 bridgehead atoms. The summed E-state index contributed by atoms with van der Waals surface area (Å²) in [5.41, 5.74) is 0.204. The van der Waals surface area contributed by atoms with Crippen molar-refractivity contribution in [3.05, 3.63) is 36.2 Å². The SMILES string of the molecule is O=C1CCCN(C(=O)C2CCn3ncnc3C2)CCCNC(=O)c2ncccc2OCCN1. The van der Waals surface area contributed by atoms with E-state index in [1.54, 1.807) is 12.1 Å². The first-order chi connectivity index (χ1) is 16.1. The molecule has 4 rings (SSSR count). The predicted molar refractivity (Wildman–Crippen MR) is 117 cm³/mol. The molecular formula is C22H29N7O4. The van der Waals surface area contributed by atoms with Gasteiger partial charge in [-0.25, -0.2) is 9.97 Å². The van der Waals surface area contributed by atoms with Crippen LogP contribution in [0.1, 0.15) is 42.0 Å². The van der Waals surface area contributed by atoms with Gasteiger partial charge in [0.25, 0.3) is 5.91 Å². The lowest BCUT2D eigenvalue weighted by Crippen LogP contribution is -2.42. The molecule has 0 aromatic carbocycles. The molecule has 0 fully saturated rings. The molecule has 4 heterocycles. The second-order valence-electron chi connectivity index (χ2n) is 8.18. The van der Waals surface area contributed by atoms with E-state index in [4.69, 9.17) is 4.74 Å². The first-order valence-corrected chi connectivity index (χ1v) is 11.4. The van der Waals surface area contributed by atoms with Crippen molar-refractivity contribution in [2.24, 2.45) is 5.92 Å². The molecule has 3 amide bonds. The minimum atomic E-state index is -0.328. The molecule has 2 aliphatic heterocycles. The van der Waals surface area contributed by atoms with E-state index in [2.05, 4.69) is 25.7 Å². The highest BCUT2D eigenvalue weighted by Crippen LogP contribution is 2.21. The van der Waals surface area contributed by atoms with Crippen molar-refractivity contribution in [3.63, 3.8) is 0 Å². The van der Waals surface area contributed by atoms with Gasteiger partial charge < -0.3 is 20.3 Å². The quantitative estimate of drug-likeness (QED) is 0.627. The van der Waals surface area contributed by atoms with Crippen molar-refractivity contribution in [2.75, 3.05) is 32.8 Å².